The summed E-state index contributed by atoms with van der Waals surface area (Å²) in [5.74, 6) is -0.789. The van der Waals surface area contributed by atoms with Gasteiger partial charge in [0.25, 0.3) is 0 Å². The topological polar surface area (TPSA) is 71.1 Å². The van der Waals surface area contributed by atoms with Crippen molar-refractivity contribution < 1.29 is 26.0 Å². The van der Waals surface area contributed by atoms with Crippen LogP contribution in [0.2, 0.25) is 0 Å². The first-order valence-electron chi connectivity index (χ1n) is 8.00. The minimum atomic E-state index is -4.56. The molecule has 0 aliphatic carbocycles. The highest BCUT2D eigenvalue weighted by Crippen LogP contribution is 2.28. The molecular weight excluding hydrogens is 386 g/mol. The maximum absolute atomic E-state index is 13.7. The van der Waals surface area contributed by atoms with Crippen LogP contribution in [0.3, 0.4) is 0 Å². The molecule has 1 atom stereocenters. The van der Waals surface area contributed by atoms with E-state index in [1.807, 2.05) is 0 Å². The molecule has 0 unspecified atom stereocenters. The molecule has 1 aromatic heterocycles. The highest BCUT2D eigenvalue weighted by Gasteiger charge is 2.31. The molecule has 10 heteroatoms. The van der Waals surface area contributed by atoms with Gasteiger partial charge >= 0.3 is 6.18 Å². The third-order valence-corrected chi connectivity index (χ3v) is 5.30. The predicted molar refractivity (Wildman–Crippen MR) is 92.8 cm³/mol. The van der Waals surface area contributed by atoms with E-state index in [0.717, 1.165) is 12.3 Å². The number of aromatic nitrogens is 1. The minimum Gasteiger partial charge on any atom is -0.316 e. The third kappa shape index (κ3) is 6.56. The van der Waals surface area contributed by atoms with Crippen LogP contribution >= 0.6 is 0 Å². The summed E-state index contributed by atoms with van der Waals surface area (Å²) in [4.78, 5) is 3.49. The molecule has 2 aromatic rings. The lowest BCUT2D eigenvalue weighted by molar-refractivity contribution is -0.137. The maximum atomic E-state index is 13.7. The van der Waals surface area contributed by atoms with Crippen molar-refractivity contribution in [2.24, 2.45) is 0 Å². The van der Waals surface area contributed by atoms with Gasteiger partial charge in [-0.25, -0.2) is 17.5 Å². The standard InChI is InChI=1S/C17H19F4N3O2S/c1-22-15(7-13-4-2-3-5-16(13)18)11-27(25,26)24-9-12-6-14(10-23-8-12)17(19,20)21/h2-6,8,10,15,22,24H,7,9,11H2,1H3/t15-/m1/s1. The van der Waals surface area contributed by atoms with Gasteiger partial charge in [-0.3, -0.25) is 4.98 Å². The Hall–Kier alpha value is -2.04. The predicted octanol–water partition coefficient (Wildman–Crippen LogP) is 2.49. The van der Waals surface area contributed by atoms with Crippen molar-refractivity contribution in [1.82, 2.24) is 15.0 Å². The van der Waals surface area contributed by atoms with Crippen molar-refractivity contribution >= 4 is 10.0 Å². The Morgan fingerprint density at radius 3 is 2.52 bits per heavy atom. The van der Waals surface area contributed by atoms with Gasteiger partial charge in [0.2, 0.25) is 10.0 Å². The zero-order valence-corrected chi connectivity index (χ0v) is 15.2. The number of benzene rings is 1. The monoisotopic (exact) mass is 405 g/mol. The van der Waals surface area contributed by atoms with Crippen LogP contribution in [0.5, 0.6) is 0 Å². The Morgan fingerprint density at radius 1 is 1.19 bits per heavy atom. The summed E-state index contributed by atoms with van der Waals surface area (Å²) in [5, 5.41) is 2.81. The van der Waals surface area contributed by atoms with Gasteiger partial charge < -0.3 is 5.32 Å². The van der Waals surface area contributed by atoms with E-state index in [0.29, 0.717) is 11.8 Å². The lowest BCUT2D eigenvalue weighted by Gasteiger charge is -2.17. The molecule has 2 N–H and O–H groups in total. The third-order valence-electron chi connectivity index (χ3n) is 3.87. The van der Waals surface area contributed by atoms with Crippen LogP contribution in [-0.2, 0) is 29.2 Å². The van der Waals surface area contributed by atoms with Crippen molar-refractivity contribution in [2.45, 2.75) is 25.2 Å². The largest absolute Gasteiger partial charge is 0.417 e. The molecule has 0 saturated carbocycles. The fourth-order valence-electron chi connectivity index (χ4n) is 2.43. The van der Waals surface area contributed by atoms with Gasteiger partial charge in [-0.1, -0.05) is 18.2 Å². The molecule has 0 fully saturated rings. The summed E-state index contributed by atoms with van der Waals surface area (Å²) < 4.78 is 78.5. The van der Waals surface area contributed by atoms with Crippen molar-refractivity contribution in [3.63, 3.8) is 0 Å². The Labute approximate surface area is 154 Å². The van der Waals surface area contributed by atoms with Crippen LogP contribution in [0.4, 0.5) is 17.6 Å². The summed E-state index contributed by atoms with van der Waals surface area (Å²) in [6, 6.07) is 6.31. The average Bonchev–Trinajstić information content (AvgIpc) is 2.61. The first-order valence-corrected chi connectivity index (χ1v) is 9.65. The second kappa shape index (κ2) is 8.77. The Kier molecular flexibility index (Phi) is 6.90. The fraction of sp³-hybridized carbons (Fsp3) is 0.353. The van der Waals surface area contributed by atoms with E-state index in [9.17, 15) is 26.0 Å². The van der Waals surface area contributed by atoms with Gasteiger partial charge in [-0.2, -0.15) is 13.2 Å². The van der Waals surface area contributed by atoms with Crippen LogP contribution in [0, 0.1) is 5.82 Å². The molecule has 0 aliphatic heterocycles. The molecule has 148 valence electrons. The summed E-state index contributed by atoms with van der Waals surface area (Å²) in [7, 11) is -2.26. The molecule has 0 bridgehead atoms. The molecule has 0 saturated heterocycles. The van der Waals surface area contributed by atoms with Crippen LogP contribution in [-0.4, -0.2) is 32.2 Å². The van der Waals surface area contributed by atoms with Crippen molar-refractivity contribution in [3.05, 3.63) is 65.2 Å². The van der Waals surface area contributed by atoms with E-state index >= 15 is 0 Å². The smallest absolute Gasteiger partial charge is 0.316 e. The number of nitrogens with zero attached hydrogens (tertiary/aromatic N) is 1. The van der Waals surface area contributed by atoms with E-state index in [2.05, 4.69) is 15.0 Å². The Balaban J connectivity index is 2.00. The molecule has 0 amide bonds. The number of sulfonamides is 1. The zero-order chi connectivity index (χ0) is 20.1. The van der Waals surface area contributed by atoms with Crippen molar-refractivity contribution in [3.8, 4) is 0 Å². The van der Waals surface area contributed by atoms with Crippen LogP contribution in [0.25, 0.3) is 0 Å². The Morgan fingerprint density at radius 2 is 1.89 bits per heavy atom. The number of nitrogens with one attached hydrogen (secondary N) is 2. The quantitative estimate of drug-likeness (QED) is 0.662. The van der Waals surface area contributed by atoms with E-state index in [4.69, 9.17) is 0 Å². The first-order chi connectivity index (χ1) is 12.6. The van der Waals surface area contributed by atoms with Crippen molar-refractivity contribution in [1.29, 1.82) is 0 Å². The molecule has 1 aromatic carbocycles. The van der Waals surface area contributed by atoms with Gasteiger partial charge in [0.05, 0.1) is 11.3 Å². The highest BCUT2D eigenvalue weighted by molar-refractivity contribution is 7.89. The van der Waals surface area contributed by atoms with Gasteiger partial charge in [-0.15, -0.1) is 0 Å². The van der Waals surface area contributed by atoms with Gasteiger partial charge in [0.15, 0.2) is 0 Å². The molecule has 5 nitrogen and oxygen atoms in total. The molecule has 0 spiro atoms. The summed E-state index contributed by atoms with van der Waals surface area (Å²) in [6.07, 6.45) is -2.58. The molecule has 2 rings (SSSR count). The first kappa shape index (κ1) is 21.3. The normalized spacial score (nSPS) is 13.5. The minimum absolute atomic E-state index is 0.0866. The highest BCUT2D eigenvalue weighted by atomic mass is 32.2. The number of pyridine rings is 1. The average molecular weight is 405 g/mol. The number of halogens is 4. The second-order valence-electron chi connectivity index (χ2n) is 5.96. The Bertz CT molecular complexity index is 872. The number of hydrogen-bond donors (Lipinski definition) is 2. The number of alkyl halides is 3. The fourth-order valence-corrected chi connectivity index (χ4v) is 3.75. The molecule has 27 heavy (non-hydrogen) atoms. The van der Waals surface area contributed by atoms with Gasteiger partial charge in [-0.05, 0) is 36.7 Å². The van der Waals surface area contributed by atoms with E-state index < -0.39 is 33.6 Å². The van der Waals surface area contributed by atoms with Crippen molar-refractivity contribution in [2.75, 3.05) is 12.8 Å². The number of hydrogen-bond acceptors (Lipinski definition) is 4. The van der Waals surface area contributed by atoms with Crippen LogP contribution < -0.4 is 10.0 Å². The molecule has 1 heterocycles. The van der Waals surface area contributed by atoms with E-state index in [-0.39, 0.29) is 24.3 Å². The number of likely N-dealkylation sites (N-methyl/N-ethyl adjacent to an activating group) is 1. The van der Waals surface area contributed by atoms with Crippen LogP contribution in [0.1, 0.15) is 16.7 Å². The number of rotatable bonds is 8. The van der Waals surface area contributed by atoms with Gasteiger partial charge in [0, 0.05) is 25.0 Å². The van der Waals surface area contributed by atoms with E-state index in [1.165, 1.54) is 12.1 Å². The lowest BCUT2D eigenvalue weighted by atomic mass is 10.1. The summed E-state index contributed by atoms with van der Waals surface area (Å²) >= 11 is 0. The molecular formula is C17H19F4N3O2S. The van der Waals surface area contributed by atoms with Crippen LogP contribution in [0.15, 0.2) is 42.7 Å². The molecule has 0 aliphatic rings. The zero-order valence-electron chi connectivity index (χ0n) is 14.4. The summed E-state index contributed by atoms with van der Waals surface area (Å²) in [5.41, 5.74) is -0.496. The van der Waals surface area contributed by atoms with Gasteiger partial charge in [0.1, 0.15) is 5.82 Å². The molecule has 0 radical (unpaired) electrons. The van der Waals surface area contributed by atoms with E-state index in [1.54, 1.807) is 19.2 Å². The lowest BCUT2D eigenvalue weighted by Crippen LogP contribution is -2.39. The SMILES string of the molecule is CN[C@H](Cc1ccccc1F)CS(=O)(=O)NCc1cncc(C(F)(F)F)c1. The second-order valence-corrected chi connectivity index (χ2v) is 7.81. The maximum Gasteiger partial charge on any atom is 0.417 e. The summed E-state index contributed by atoms with van der Waals surface area (Å²) in [6.45, 7) is -0.324.